The van der Waals surface area contributed by atoms with Gasteiger partial charge in [-0.3, -0.25) is 9.59 Å². The highest BCUT2D eigenvalue weighted by Gasteiger charge is 2.14. The molecule has 0 aliphatic rings. The first-order valence-electron chi connectivity index (χ1n) is 8.56. The van der Waals surface area contributed by atoms with E-state index in [2.05, 4.69) is 16.0 Å². The second kappa shape index (κ2) is 7.29. The van der Waals surface area contributed by atoms with Crippen LogP contribution in [0.5, 0.6) is 0 Å². The van der Waals surface area contributed by atoms with Gasteiger partial charge in [-0.05, 0) is 55.3 Å². The summed E-state index contributed by atoms with van der Waals surface area (Å²) < 4.78 is 8.47. The number of aromatic nitrogens is 2. The van der Waals surface area contributed by atoms with E-state index in [-0.39, 0.29) is 12.5 Å². The molecule has 4 rings (SSSR count). The van der Waals surface area contributed by atoms with Gasteiger partial charge in [0.2, 0.25) is 0 Å². The predicted octanol–water partition coefficient (Wildman–Crippen LogP) is 3.84. The van der Waals surface area contributed by atoms with E-state index in [4.69, 9.17) is 4.74 Å². The lowest BCUT2D eigenvalue weighted by atomic mass is 10.1. The molecule has 2 aromatic heterocycles. The summed E-state index contributed by atoms with van der Waals surface area (Å²) >= 11 is 2.86. The SMILES string of the molecule is COC(=O)Cn1c(=NC(=O)c2ccc3ncsc3c2)sc2cc(C)c(C)cc21. The normalized spacial score (nSPS) is 12.0. The van der Waals surface area contributed by atoms with Crippen LogP contribution in [0.4, 0.5) is 0 Å². The molecule has 0 saturated carbocycles. The zero-order chi connectivity index (χ0) is 19.8. The molecule has 0 bridgehead atoms. The zero-order valence-electron chi connectivity index (χ0n) is 15.6. The molecule has 0 radical (unpaired) electrons. The number of thiazole rings is 2. The van der Waals surface area contributed by atoms with E-state index < -0.39 is 5.97 Å². The van der Waals surface area contributed by atoms with Crippen LogP contribution >= 0.6 is 22.7 Å². The van der Waals surface area contributed by atoms with Gasteiger partial charge in [0.15, 0.2) is 4.80 Å². The summed E-state index contributed by atoms with van der Waals surface area (Å²) in [6.45, 7) is 4.05. The molecule has 0 saturated heterocycles. The lowest BCUT2D eigenvalue weighted by molar-refractivity contribution is -0.141. The number of carbonyl (C=O) groups is 2. The fourth-order valence-corrected chi connectivity index (χ4v) is 4.72. The van der Waals surface area contributed by atoms with Gasteiger partial charge in [0.1, 0.15) is 6.54 Å². The van der Waals surface area contributed by atoms with Crippen LogP contribution in [-0.2, 0) is 16.1 Å². The zero-order valence-corrected chi connectivity index (χ0v) is 17.2. The van der Waals surface area contributed by atoms with Crippen LogP contribution in [0.1, 0.15) is 21.5 Å². The molecule has 1 amide bonds. The third kappa shape index (κ3) is 3.36. The molecule has 0 aliphatic heterocycles. The molecule has 142 valence electrons. The number of rotatable bonds is 3. The van der Waals surface area contributed by atoms with E-state index in [9.17, 15) is 9.59 Å². The van der Waals surface area contributed by atoms with Crippen LogP contribution in [0, 0.1) is 13.8 Å². The van der Waals surface area contributed by atoms with Gasteiger partial charge in [-0.2, -0.15) is 4.99 Å². The molecule has 0 atom stereocenters. The number of esters is 1. The summed E-state index contributed by atoms with van der Waals surface area (Å²) in [4.78, 5) is 33.7. The van der Waals surface area contributed by atoms with Gasteiger partial charge in [-0.15, -0.1) is 11.3 Å². The van der Waals surface area contributed by atoms with Crippen molar-refractivity contribution >= 4 is 55.0 Å². The van der Waals surface area contributed by atoms with Gasteiger partial charge in [-0.1, -0.05) is 11.3 Å². The molecular weight excluding hydrogens is 394 g/mol. The van der Waals surface area contributed by atoms with Crippen LogP contribution in [-0.4, -0.2) is 28.5 Å². The van der Waals surface area contributed by atoms with Gasteiger partial charge in [0.05, 0.1) is 33.1 Å². The highest BCUT2D eigenvalue weighted by atomic mass is 32.1. The smallest absolute Gasteiger partial charge is 0.325 e. The van der Waals surface area contributed by atoms with Crippen molar-refractivity contribution in [1.82, 2.24) is 9.55 Å². The number of ether oxygens (including phenoxy) is 1. The number of aryl methyl sites for hydroxylation is 2. The topological polar surface area (TPSA) is 73.6 Å². The van der Waals surface area contributed by atoms with Gasteiger partial charge in [-0.25, -0.2) is 4.98 Å². The maximum absolute atomic E-state index is 12.8. The summed E-state index contributed by atoms with van der Waals surface area (Å²) in [5.74, 6) is -0.744. The number of methoxy groups -OCH3 is 1. The van der Waals surface area contributed by atoms with E-state index in [1.165, 1.54) is 29.8 Å². The first kappa shape index (κ1) is 18.5. The lowest BCUT2D eigenvalue weighted by Gasteiger charge is -2.05. The number of fused-ring (bicyclic) bond motifs is 2. The highest BCUT2D eigenvalue weighted by molar-refractivity contribution is 7.17. The average Bonchev–Trinajstić information content (AvgIpc) is 3.27. The van der Waals surface area contributed by atoms with Crippen LogP contribution in [0.3, 0.4) is 0 Å². The minimum absolute atomic E-state index is 0.000998. The first-order chi connectivity index (χ1) is 13.5. The van der Waals surface area contributed by atoms with Gasteiger partial charge < -0.3 is 9.30 Å². The van der Waals surface area contributed by atoms with Crippen LogP contribution in [0.15, 0.2) is 40.8 Å². The molecule has 0 N–H and O–H groups in total. The first-order valence-corrected chi connectivity index (χ1v) is 10.3. The molecule has 8 heteroatoms. The lowest BCUT2D eigenvalue weighted by Crippen LogP contribution is -2.22. The van der Waals surface area contributed by atoms with Crippen molar-refractivity contribution in [2.45, 2.75) is 20.4 Å². The largest absolute Gasteiger partial charge is 0.468 e. The maximum Gasteiger partial charge on any atom is 0.325 e. The van der Waals surface area contributed by atoms with E-state index in [1.807, 2.05) is 26.0 Å². The molecule has 2 heterocycles. The second-order valence-corrected chi connectivity index (χ2v) is 8.30. The summed E-state index contributed by atoms with van der Waals surface area (Å²) in [6.07, 6.45) is 0. The minimum atomic E-state index is -0.391. The predicted molar refractivity (Wildman–Crippen MR) is 111 cm³/mol. The van der Waals surface area contributed by atoms with Crippen LogP contribution in [0.2, 0.25) is 0 Å². The van der Waals surface area contributed by atoms with Crippen molar-refractivity contribution in [3.05, 3.63) is 57.3 Å². The van der Waals surface area contributed by atoms with E-state index in [1.54, 1.807) is 22.2 Å². The van der Waals surface area contributed by atoms with Gasteiger partial charge in [0.25, 0.3) is 5.91 Å². The number of carbonyl (C=O) groups excluding carboxylic acids is 2. The fourth-order valence-electron chi connectivity index (χ4n) is 2.89. The molecule has 2 aromatic carbocycles. The van der Waals surface area contributed by atoms with Gasteiger partial charge >= 0.3 is 5.97 Å². The number of nitrogens with zero attached hydrogens (tertiary/aromatic N) is 3. The summed E-state index contributed by atoms with van der Waals surface area (Å²) in [5.41, 5.74) is 6.21. The Morgan fingerprint density at radius 3 is 2.71 bits per heavy atom. The Morgan fingerprint density at radius 2 is 1.93 bits per heavy atom. The third-order valence-corrected chi connectivity index (χ3v) is 6.42. The Balaban J connectivity index is 1.86. The summed E-state index contributed by atoms with van der Waals surface area (Å²) in [6, 6.07) is 9.40. The number of amides is 1. The summed E-state index contributed by atoms with van der Waals surface area (Å²) in [5, 5.41) is 0. The average molecular weight is 412 g/mol. The number of hydrogen-bond acceptors (Lipinski definition) is 6. The quantitative estimate of drug-likeness (QED) is 0.480. The Kier molecular flexibility index (Phi) is 4.82. The van der Waals surface area contributed by atoms with Crippen molar-refractivity contribution < 1.29 is 14.3 Å². The fraction of sp³-hybridized carbons (Fsp3) is 0.200. The van der Waals surface area contributed by atoms with Crippen LogP contribution in [0.25, 0.3) is 20.4 Å². The molecule has 6 nitrogen and oxygen atoms in total. The Morgan fingerprint density at radius 1 is 1.14 bits per heavy atom. The van der Waals surface area contributed by atoms with E-state index >= 15 is 0 Å². The molecule has 4 aromatic rings. The van der Waals surface area contributed by atoms with Gasteiger partial charge in [0, 0.05) is 5.56 Å². The minimum Gasteiger partial charge on any atom is -0.468 e. The number of hydrogen-bond donors (Lipinski definition) is 0. The maximum atomic E-state index is 12.8. The van der Waals surface area contributed by atoms with E-state index in [0.717, 1.165) is 31.6 Å². The molecular formula is C20H17N3O3S2. The Bertz CT molecular complexity index is 1300. The van der Waals surface area contributed by atoms with Crippen molar-refractivity contribution in [2.75, 3.05) is 7.11 Å². The highest BCUT2D eigenvalue weighted by Crippen LogP contribution is 2.23. The molecule has 0 unspecified atom stereocenters. The molecule has 0 spiro atoms. The Hall–Kier alpha value is -2.84. The van der Waals surface area contributed by atoms with Crippen molar-refractivity contribution in [3.8, 4) is 0 Å². The number of benzene rings is 2. The van der Waals surface area contributed by atoms with E-state index in [0.29, 0.717) is 10.4 Å². The Labute approximate surface area is 168 Å². The summed E-state index contributed by atoms with van der Waals surface area (Å²) in [7, 11) is 1.35. The monoisotopic (exact) mass is 411 g/mol. The third-order valence-electron chi connectivity index (χ3n) is 4.59. The van der Waals surface area contributed by atoms with Crippen molar-refractivity contribution in [3.63, 3.8) is 0 Å². The van der Waals surface area contributed by atoms with Crippen LogP contribution < -0.4 is 4.80 Å². The molecule has 0 fully saturated rings. The second-order valence-electron chi connectivity index (χ2n) is 6.40. The van der Waals surface area contributed by atoms with Crippen molar-refractivity contribution in [2.24, 2.45) is 4.99 Å². The van der Waals surface area contributed by atoms with Crippen molar-refractivity contribution in [1.29, 1.82) is 0 Å². The molecule has 0 aliphatic carbocycles. The standard InChI is InChI=1S/C20H17N3O3S2/c1-11-6-15-17(7-12(11)2)28-20(23(15)9-18(24)26-3)22-19(25)13-4-5-14-16(8-13)27-10-21-14/h4-8,10H,9H2,1-3H3. The molecule has 28 heavy (non-hydrogen) atoms.